The van der Waals surface area contributed by atoms with Crippen LogP contribution in [0.5, 0.6) is 0 Å². The van der Waals surface area contributed by atoms with E-state index in [-0.39, 0.29) is 5.91 Å². The highest BCUT2D eigenvalue weighted by atomic mass is 16.1. The van der Waals surface area contributed by atoms with Crippen molar-refractivity contribution in [2.24, 2.45) is 0 Å². The van der Waals surface area contributed by atoms with Gasteiger partial charge in [-0.25, -0.2) is 0 Å². The molecule has 1 aromatic carbocycles. The van der Waals surface area contributed by atoms with Crippen molar-refractivity contribution >= 4 is 17.3 Å². The lowest BCUT2D eigenvalue weighted by Gasteiger charge is -2.15. The van der Waals surface area contributed by atoms with E-state index in [0.29, 0.717) is 6.42 Å². The first kappa shape index (κ1) is 19.5. The van der Waals surface area contributed by atoms with Gasteiger partial charge in [0.15, 0.2) is 0 Å². The lowest BCUT2D eigenvalue weighted by atomic mass is 10.1. The van der Waals surface area contributed by atoms with Crippen LogP contribution in [0.15, 0.2) is 18.2 Å². The molecular formula is C18H32N2O. The maximum Gasteiger partial charge on any atom is 0.224 e. The summed E-state index contributed by atoms with van der Waals surface area (Å²) in [6, 6.07) is 5.99. The molecule has 1 aromatic rings. The highest BCUT2D eigenvalue weighted by Crippen LogP contribution is 2.25. The van der Waals surface area contributed by atoms with Gasteiger partial charge in [-0.05, 0) is 25.0 Å². The third-order valence-corrected chi connectivity index (χ3v) is 3.20. The van der Waals surface area contributed by atoms with Crippen LogP contribution in [0.3, 0.4) is 0 Å². The molecule has 3 heteroatoms. The molecule has 0 aliphatic rings. The van der Waals surface area contributed by atoms with Gasteiger partial charge in [0.1, 0.15) is 0 Å². The van der Waals surface area contributed by atoms with Crippen LogP contribution in [0.25, 0.3) is 0 Å². The van der Waals surface area contributed by atoms with Crippen molar-refractivity contribution in [2.75, 3.05) is 17.2 Å². The number of hydrogen-bond acceptors (Lipinski definition) is 2. The van der Waals surface area contributed by atoms with Gasteiger partial charge in [-0.2, -0.15) is 0 Å². The van der Waals surface area contributed by atoms with Crippen LogP contribution >= 0.6 is 0 Å². The van der Waals surface area contributed by atoms with Crippen LogP contribution in [0, 0.1) is 6.92 Å². The summed E-state index contributed by atoms with van der Waals surface area (Å²) >= 11 is 0. The number of nitrogens with one attached hydrogen (secondary N) is 2. The quantitative estimate of drug-likeness (QED) is 0.633. The average molecular weight is 292 g/mol. The van der Waals surface area contributed by atoms with E-state index >= 15 is 0 Å². The predicted molar refractivity (Wildman–Crippen MR) is 94.1 cm³/mol. The third-order valence-electron chi connectivity index (χ3n) is 3.20. The van der Waals surface area contributed by atoms with Gasteiger partial charge in [-0.1, -0.05) is 59.1 Å². The molecule has 120 valence electrons. The average Bonchev–Trinajstić information content (AvgIpc) is 2.51. The summed E-state index contributed by atoms with van der Waals surface area (Å²) in [4.78, 5) is 11.5. The Morgan fingerprint density at radius 3 is 2.43 bits per heavy atom. The maximum absolute atomic E-state index is 11.5. The zero-order chi connectivity index (χ0) is 16.1. The number of carbonyl (C=O) groups is 1. The van der Waals surface area contributed by atoms with Crippen molar-refractivity contribution in [1.82, 2.24) is 0 Å². The molecule has 0 fully saturated rings. The Balaban J connectivity index is 0.00000191. The Morgan fingerprint density at radius 2 is 1.81 bits per heavy atom. The maximum atomic E-state index is 11.5. The van der Waals surface area contributed by atoms with E-state index in [2.05, 4.69) is 30.5 Å². The molecule has 0 spiro atoms. The fourth-order valence-electron chi connectivity index (χ4n) is 2.01. The number of anilines is 2. The Kier molecular flexibility index (Phi) is 11.4. The number of carbonyl (C=O) groups excluding carboxylic acids is 1. The molecule has 2 N–H and O–H groups in total. The zero-order valence-electron chi connectivity index (χ0n) is 14.4. The molecule has 0 unspecified atom stereocenters. The summed E-state index contributed by atoms with van der Waals surface area (Å²) in [5, 5.41) is 6.41. The summed E-state index contributed by atoms with van der Waals surface area (Å²) in [6.45, 7) is 11.1. The minimum Gasteiger partial charge on any atom is -0.383 e. The summed E-state index contributed by atoms with van der Waals surface area (Å²) in [7, 11) is 0. The van der Waals surface area contributed by atoms with Crippen LogP contribution in [-0.2, 0) is 4.79 Å². The number of benzene rings is 1. The molecule has 0 saturated carbocycles. The van der Waals surface area contributed by atoms with Gasteiger partial charge in [0.25, 0.3) is 0 Å². The number of rotatable bonds is 8. The van der Waals surface area contributed by atoms with E-state index in [4.69, 9.17) is 0 Å². The highest BCUT2D eigenvalue weighted by molar-refractivity contribution is 5.94. The normalized spacial score (nSPS) is 9.57. The second-order valence-corrected chi connectivity index (χ2v) is 4.89. The largest absolute Gasteiger partial charge is 0.383 e. The first-order valence-electron chi connectivity index (χ1n) is 8.32. The van der Waals surface area contributed by atoms with Gasteiger partial charge >= 0.3 is 0 Å². The first-order valence-corrected chi connectivity index (χ1v) is 8.32. The van der Waals surface area contributed by atoms with E-state index in [9.17, 15) is 4.79 Å². The second kappa shape index (κ2) is 12.2. The molecule has 21 heavy (non-hydrogen) atoms. The molecular weight excluding hydrogens is 260 g/mol. The standard InChI is InChI=1S/C16H26N2O.C2H6/c1-4-6-7-8-12-17-16-13(3)10-9-11-14(16)18-15(19)5-2;1-2/h9-11,17H,4-8,12H2,1-3H3,(H,18,19);1-2H3. The van der Waals surface area contributed by atoms with E-state index in [0.717, 1.165) is 17.9 Å². The number of aryl methyl sites for hydroxylation is 1. The van der Waals surface area contributed by atoms with Gasteiger partial charge in [0, 0.05) is 13.0 Å². The van der Waals surface area contributed by atoms with E-state index < -0.39 is 0 Å². The lowest BCUT2D eigenvalue weighted by Crippen LogP contribution is -2.13. The third kappa shape index (κ3) is 7.74. The van der Waals surface area contributed by atoms with Crippen LogP contribution in [0.2, 0.25) is 0 Å². The van der Waals surface area contributed by atoms with E-state index in [1.807, 2.05) is 32.9 Å². The van der Waals surface area contributed by atoms with Gasteiger partial charge in [-0.3, -0.25) is 4.79 Å². The number of unbranched alkanes of at least 4 members (excludes halogenated alkanes) is 3. The topological polar surface area (TPSA) is 41.1 Å². The Bertz CT molecular complexity index is 402. The van der Waals surface area contributed by atoms with Crippen molar-refractivity contribution in [3.63, 3.8) is 0 Å². The molecule has 3 nitrogen and oxygen atoms in total. The van der Waals surface area contributed by atoms with Crippen molar-refractivity contribution < 1.29 is 4.79 Å². The van der Waals surface area contributed by atoms with E-state index in [1.54, 1.807) is 0 Å². The fraction of sp³-hybridized carbons (Fsp3) is 0.611. The minimum absolute atomic E-state index is 0.0552. The molecule has 1 amide bonds. The van der Waals surface area contributed by atoms with E-state index in [1.165, 1.54) is 31.2 Å². The Labute approximate surface area is 130 Å². The molecule has 0 bridgehead atoms. The first-order chi connectivity index (χ1) is 10.2. The molecule has 0 aromatic heterocycles. The van der Waals surface area contributed by atoms with Crippen LogP contribution in [0.4, 0.5) is 11.4 Å². The number of amides is 1. The van der Waals surface area contributed by atoms with Crippen molar-refractivity contribution in [3.8, 4) is 0 Å². The molecule has 0 heterocycles. The van der Waals surface area contributed by atoms with Gasteiger partial charge < -0.3 is 10.6 Å². The van der Waals surface area contributed by atoms with Crippen LogP contribution in [0.1, 0.15) is 65.4 Å². The predicted octanol–water partition coefficient (Wildman–Crippen LogP) is 5.36. The number of hydrogen-bond donors (Lipinski definition) is 2. The van der Waals surface area contributed by atoms with Gasteiger partial charge in [-0.15, -0.1) is 0 Å². The van der Waals surface area contributed by atoms with Gasteiger partial charge in [0.2, 0.25) is 5.91 Å². The summed E-state index contributed by atoms with van der Waals surface area (Å²) in [6.07, 6.45) is 5.47. The molecule has 0 saturated heterocycles. The highest BCUT2D eigenvalue weighted by Gasteiger charge is 2.07. The summed E-state index contributed by atoms with van der Waals surface area (Å²) in [5.41, 5.74) is 3.12. The summed E-state index contributed by atoms with van der Waals surface area (Å²) < 4.78 is 0. The molecule has 0 radical (unpaired) electrons. The smallest absolute Gasteiger partial charge is 0.224 e. The second-order valence-electron chi connectivity index (χ2n) is 4.89. The molecule has 0 aliphatic heterocycles. The number of para-hydroxylation sites is 1. The zero-order valence-corrected chi connectivity index (χ0v) is 14.4. The molecule has 0 aliphatic carbocycles. The van der Waals surface area contributed by atoms with Gasteiger partial charge in [0.05, 0.1) is 11.4 Å². The van der Waals surface area contributed by atoms with Crippen molar-refractivity contribution in [1.29, 1.82) is 0 Å². The Hall–Kier alpha value is -1.51. The summed E-state index contributed by atoms with van der Waals surface area (Å²) in [5.74, 6) is 0.0552. The molecule has 0 atom stereocenters. The van der Waals surface area contributed by atoms with Crippen LogP contribution in [-0.4, -0.2) is 12.5 Å². The van der Waals surface area contributed by atoms with Crippen molar-refractivity contribution in [3.05, 3.63) is 23.8 Å². The van der Waals surface area contributed by atoms with Crippen LogP contribution < -0.4 is 10.6 Å². The SMILES string of the molecule is CC.CCCCCCNc1c(C)cccc1NC(=O)CC. The fourth-order valence-corrected chi connectivity index (χ4v) is 2.01. The molecule has 1 rings (SSSR count). The minimum atomic E-state index is 0.0552. The monoisotopic (exact) mass is 292 g/mol. The Morgan fingerprint density at radius 1 is 1.10 bits per heavy atom. The van der Waals surface area contributed by atoms with Crippen molar-refractivity contribution in [2.45, 2.75) is 66.7 Å². The lowest BCUT2D eigenvalue weighted by molar-refractivity contribution is -0.115.